The third-order valence-electron chi connectivity index (χ3n) is 3.43. The molecular weight excluding hydrogens is 188 g/mol. The van der Waals surface area contributed by atoms with Crippen LogP contribution in [0, 0.1) is 5.41 Å². The Morgan fingerprint density at radius 3 is 2.47 bits per heavy atom. The Bertz CT molecular complexity index is 261. The molecule has 2 rings (SSSR count). The van der Waals surface area contributed by atoms with Crippen molar-refractivity contribution in [3.05, 3.63) is 0 Å². The highest BCUT2D eigenvalue weighted by Gasteiger charge is 2.48. The molecule has 0 aromatic rings. The van der Waals surface area contributed by atoms with E-state index in [2.05, 4.69) is 26.1 Å². The van der Waals surface area contributed by atoms with Crippen LogP contribution in [0.15, 0.2) is 0 Å². The summed E-state index contributed by atoms with van der Waals surface area (Å²) in [4.78, 5) is 14.3. The van der Waals surface area contributed by atoms with E-state index < -0.39 is 0 Å². The van der Waals surface area contributed by atoms with E-state index in [-0.39, 0.29) is 11.0 Å². The smallest absolute Gasteiger partial charge is 0.243 e. The van der Waals surface area contributed by atoms with Gasteiger partial charge in [0.2, 0.25) is 5.91 Å². The standard InChI is InChI=1S/C12H22N2O/c1-11(2,3)8-14-9-13-12(10(14)15)6-4-5-7-12/h13H,4-9H2,1-3H3. The molecule has 0 atom stereocenters. The van der Waals surface area contributed by atoms with Crippen LogP contribution in [-0.2, 0) is 4.79 Å². The van der Waals surface area contributed by atoms with Gasteiger partial charge in [0.1, 0.15) is 0 Å². The van der Waals surface area contributed by atoms with Gasteiger partial charge < -0.3 is 4.90 Å². The van der Waals surface area contributed by atoms with Gasteiger partial charge in [0.25, 0.3) is 0 Å². The van der Waals surface area contributed by atoms with E-state index in [4.69, 9.17) is 0 Å². The van der Waals surface area contributed by atoms with Gasteiger partial charge in [-0.05, 0) is 18.3 Å². The Hall–Kier alpha value is -0.570. The third-order valence-corrected chi connectivity index (χ3v) is 3.43. The summed E-state index contributed by atoms with van der Waals surface area (Å²) in [7, 11) is 0. The molecule has 0 radical (unpaired) electrons. The molecule has 0 unspecified atom stereocenters. The van der Waals surface area contributed by atoms with Crippen molar-refractivity contribution < 1.29 is 4.79 Å². The van der Waals surface area contributed by atoms with E-state index in [1.54, 1.807) is 0 Å². The highest BCUT2D eigenvalue weighted by molar-refractivity contribution is 5.88. The van der Waals surface area contributed by atoms with Gasteiger partial charge in [-0.2, -0.15) is 0 Å². The van der Waals surface area contributed by atoms with Gasteiger partial charge in [0, 0.05) is 6.54 Å². The lowest BCUT2D eigenvalue weighted by Crippen LogP contribution is -2.44. The van der Waals surface area contributed by atoms with Crippen molar-refractivity contribution in [3.8, 4) is 0 Å². The lowest BCUT2D eigenvalue weighted by Gasteiger charge is -2.27. The first kappa shape index (κ1) is 10.9. The average Bonchev–Trinajstić information content (AvgIpc) is 2.68. The Labute approximate surface area is 92.2 Å². The summed E-state index contributed by atoms with van der Waals surface area (Å²) in [6, 6.07) is 0. The van der Waals surface area contributed by atoms with Crippen LogP contribution < -0.4 is 5.32 Å². The van der Waals surface area contributed by atoms with Gasteiger partial charge in [0.05, 0.1) is 12.2 Å². The molecule has 86 valence electrons. The minimum Gasteiger partial charge on any atom is -0.328 e. The van der Waals surface area contributed by atoms with Crippen LogP contribution in [0.5, 0.6) is 0 Å². The number of hydrogen-bond acceptors (Lipinski definition) is 2. The van der Waals surface area contributed by atoms with Crippen LogP contribution in [0.25, 0.3) is 0 Å². The lowest BCUT2D eigenvalue weighted by molar-refractivity contribution is -0.133. The van der Waals surface area contributed by atoms with E-state index in [1.165, 1.54) is 12.8 Å². The van der Waals surface area contributed by atoms with Crippen molar-refractivity contribution in [2.45, 2.75) is 52.0 Å². The maximum absolute atomic E-state index is 12.3. The fraction of sp³-hybridized carbons (Fsp3) is 0.917. The number of hydrogen-bond donors (Lipinski definition) is 1. The second-order valence-corrected chi connectivity index (χ2v) is 6.19. The van der Waals surface area contributed by atoms with Crippen molar-refractivity contribution in [2.75, 3.05) is 13.2 Å². The van der Waals surface area contributed by atoms with Gasteiger partial charge in [-0.3, -0.25) is 10.1 Å². The molecule has 0 aromatic heterocycles. The Kier molecular flexibility index (Phi) is 2.53. The fourth-order valence-corrected chi connectivity index (χ4v) is 2.77. The zero-order chi connectivity index (χ0) is 11.1. The van der Waals surface area contributed by atoms with Crippen LogP contribution in [0.2, 0.25) is 0 Å². The van der Waals surface area contributed by atoms with Gasteiger partial charge in [-0.1, -0.05) is 33.6 Å². The van der Waals surface area contributed by atoms with E-state index in [0.717, 1.165) is 26.1 Å². The van der Waals surface area contributed by atoms with Gasteiger partial charge >= 0.3 is 0 Å². The zero-order valence-corrected chi connectivity index (χ0v) is 10.1. The van der Waals surface area contributed by atoms with Gasteiger partial charge in [0.15, 0.2) is 0 Å². The van der Waals surface area contributed by atoms with E-state index in [9.17, 15) is 4.79 Å². The molecule has 1 spiro atoms. The monoisotopic (exact) mass is 210 g/mol. The summed E-state index contributed by atoms with van der Waals surface area (Å²) in [5, 5.41) is 3.43. The Morgan fingerprint density at radius 2 is 1.93 bits per heavy atom. The molecule has 15 heavy (non-hydrogen) atoms. The van der Waals surface area contributed by atoms with Crippen LogP contribution >= 0.6 is 0 Å². The first-order valence-electron chi connectivity index (χ1n) is 5.97. The average molecular weight is 210 g/mol. The molecular formula is C12H22N2O. The van der Waals surface area contributed by atoms with E-state index in [1.807, 2.05) is 4.90 Å². The van der Waals surface area contributed by atoms with Crippen molar-refractivity contribution >= 4 is 5.91 Å². The SMILES string of the molecule is CC(C)(C)CN1CNC2(CCCC2)C1=O. The molecule has 1 saturated carbocycles. The highest BCUT2D eigenvalue weighted by Crippen LogP contribution is 2.35. The maximum Gasteiger partial charge on any atom is 0.243 e. The lowest BCUT2D eigenvalue weighted by atomic mass is 9.94. The summed E-state index contributed by atoms with van der Waals surface area (Å²) < 4.78 is 0. The van der Waals surface area contributed by atoms with Gasteiger partial charge in [-0.15, -0.1) is 0 Å². The van der Waals surface area contributed by atoms with E-state index in [0.29, 0.717) is 5.91 Å². The largest absolute Gasteiger partial charge is 0.328 e. The Balaban J connectivity index is 2.04. The Morgan fingerprint density at radius 1 is 1.33 bits per heavy atom. The van der Waals surface area contributed by atoms with Crippen LogP contribution in [0.3, 0.4) is 0 Å². The molecule has 1 N–H and O–H groups in total. The normalized spacial score (nSPS) is 25.5. The highest BCUT2D eigenvalue weighted by atomic mass is 16.2. The predicted octanol–water partition coefficient (Wildman–Crippen LogP) is 1.73. The number of nitrogens with zero attached hydrogens (tertiary/aromatic N) is 1. The molecule has 3 heteroatoms. The molecule has 2 aliphatic rings. The van der Waals surface area contributed by atoms with Crippen molar-refractivity contribution in [1.29, 1.82) is 0 Å². The minimum atomic E-state index is -0.175. The van der Waals surface area contributed by atoms with Gasteiger partial charge in [-0.25, -0.2) is 0 Å². The van der Waals surface area contributed by atoms with Crippen LogP contribution in [-0.4, -0.2) is 29.6 Å². The molecule has 1 aliphatic carbocycles. The number of carbonyl (C=O) groups is 1. The first-order valence-corrected chi connectivity index (χ1v) is 5.97. The summed E-state index contributed by atoms with van der Waals surface area (Å²) in [6.07, 6.45) is 4.46. The minimum absolute atomic E-state index is 0.175. The van der Waals surface area contributed by atoms with Crippen molar-refractivity contribution in [1.82, 2.24) is 10.2 Å². The number of amides is 1. The number of nitrogens with one attached hydrogen (secondary N) is 1. The van der Waals surface area contributed by atoms with Crippen LogP contribution in [0.4, 0.5) is 0 Å². The summed E-state index contributed by atoms with van der Waals surface area (Å²) in [6.45, 7) is 8.15. The molecule has 2 fully saturated rings. The number of carbonyl (C=O) groups excluding carboxylic acids is 1. The van der Waals surface area contributed by atoms with Crippen molar-refractivity contribution in [3.63, 3.8) is 0 Å². The molecule has 1 heterocycles. The first-order chi connectivity index (χ1) is 6.93. The molecule has 3 nitrogen and oxygen atoms in total. The van der Waals surface area contributed by atoms with E-state index >= 15 is 0 Å². The second-order valence-electron chi connectivity index (χ2n) is 6.19. The number of rotatable bonds is 1. The van der Waals surface area contributed by atoms with Crippen LogP contribution in [0.1, 0.15) is 46.5 Å². The molecule has 0 aromatic carbocycles. The molecule has 1 saturated heterocycles. The van der Waals surface area contributed by atoms with Crippen molar-refractivity contribution in [2.24, 2.45) is 5.41 Å². The third kappa shape index (κ3) is 2.03. The topological polar surface area (TPSA) is 32.3 Å². The molecule has 1 amide bonds. The predicted molar refractivity (Wildman–Crippen MR) is 60.4 cm³/mol. The molecule has 1 aliphatic heterocycles. The fourth-order valence-electron chi connectivity index (χ4n) is 2.77. The second kappa shape index (κ2) is 3.48. The quantitative estimate of drug-likeness (QED) is 0.715. The molecule has 0 bridgehead atoms. The summed E-state index contributed by atoms with van der Waals surface area (Å²) in [5.74, 6) is 0.343. The zero-order valence-electron chi connectivity index (χ0n) is 10.1. The summed E-state index contributed by atoms with van der Waals surface area (Å²) in [5.41, 5.74) is 0.0206. The summed E-state index contributed by atoms with van der Waals surface area (Å²) >= 11 is 0. The maximum atomic E-state index is 12.3.